The van der Waals surface area contributed by atoms with Gasteiger partial charge in [0.15, 0.2) is 5.96 Å². The Balaban J connectivity index is 0.00000200. The van der Waals surface area contributed by atoms with Crippen LogP contribution in [-0.4, -0.2) is 19.0 Å². The van der Waals surface area contributed by atoms with E-state index in [1.54, 1.807) is 0 Å². The maximum Gasteiger partial charge on any atom is 0.188 e. The standard InChI is InChI=1S/C16H25N3.HI/c1-12(2)10-18-16(17)19-11-14-8-5-7-13-6-3-4-9-15(13)14;/h3-4,6,9,12,14H,5,7-8,10-11H2,1-2H3,(H3,17,18,19);1H. The maximum atomic E-state index is 5.90. The number of aliphatic imine (C=N–C) groups is 1. The summed E-state index contributed by atoms with van der Waals surface area (Å²) in [5.74, 6) is 1.70. The molecule has 1 unspecified atom stereocenters. The molecule has 1 aromatic rings. The Bertz CT molecular complexity index is 443. The van der Waals surface area contributed by atoms with Crippen LogP contribution in [0.3, 0.4) is 0 Å². The third kappa shape index (κ3) is 4.96. The fraction of sp³-hybridized carbons (Fsp3) is 0.562. The lowest BCUT2D eigenvalue weighted by Crippen LogP contribution is -2.36. The molecule has 112 valence electrons. The third-order valence-electron chi connectivity index (χ3n) is 3.65. The number of hydrogen-bond acceptors (Lipinski definition) is 1. The van der Waals surface area contributed by atoms with Gasteiger partial charge >= 0.3 is 0 Å². The summed E-state index contributed by atoms with van der Waals surface area (Å²) in [7, 11) is 0. The molecule has 20 heavy (non-hydrogen) atoms. The van der Waals surface area contributed by atoms with Gasteiger partial charge in [-0.1, -0.05) is 38.1 Å². The second-order valence-electron chi connectivity index (χ2n) is 5.79. The fourth-order valence-electron chi connectivity index (χ4n) is 2.63. The zero-order chi connectivity index (χ0) is 13.7. The molecule has 0 saturated heterocycles. The molecule has 0 spiro atoms. The molecule has 0 aromatic heterocycles. The van der Waals surface area contributed by atoms with Crippen LogP contribution in [0.4, 0.5) is 0 Å². The number of aryl methyl sites for hydroxylation is 1. The van der Waals surface area contributed by atoms with E-state index < -0.39 is 0 Å². The van der Waals surface area contributed by atoms with E-state index >= 15 is 0 Å². The summed E-state index contributed by atoms with van der Waals surface area (Å²) in [5, 5.41) is 3.28. The van der Waals surface area contributed by atoms with Crippen LogP contribution in [0.5, 0.6) is 0 Å². The van der Waals surface area contributed by atoms with Crippen LogP contribution < -0.4 is 11.1 Å². The Morgan fingerprint density at radius 3 is 2.90 bits per heavy atom. The summed E-state index contributed by atoms with van der Waals surface area (Å²) >= 11 is 0. The van der Waals surface area contributed by atoms with Gasteiger partial charge in [-0.3, -0.25) is 4.99 Å². The van der Waals surface area contributed by atoms with Gasteiger partial charge in [-0.2, -0.15) is 0 Å². The van der Waals surface area contributed by atoms with Crippen LogP contribution in [0.15, 0.2) is 29.3 Å². The van der Waals surface area contributed by atoms with Gasteiger partial charge in [-0.15, -0.1) is 24.0 Å². The van der Waals surface area contributed by atoms with E-state index in [1.165, 1.54) is 30.4 Å². The van der Waals surface area contributed by atoms with Crippen molar-refractivity contribution in [2.75, 3.05) is 13.1 Å². The lowest BCUT2D eigenvalue weighted by Gasteiger charge is -2.25. The Kier molecular flexibility index (Phi) is 7.34. The monoisotopic (exact) mass is 387 g/mol. The zero-order valence-electron chi connectivity index (χ0n) is 12.4. The summed E-state index contributed by atoms with van der Waals surface area (Å²) in [6.45, 7) is 5.98. The van der Waals surface area contributed by atoms with Crippen molar-refractivity contribution in [1.82, 2.24) is 5.32 Å². The van der Waals surface area contributed by atoms with Gasteiger partial charge < -0.3 is 11.1 Å². The van der Waals surface area contributed by atoms with Gasteiger partial charge in [-0.25, -0.2) is 0 Å². The third-order valence-corrected chi connectivity index (χ3v) is 3.65. The summed E-state index contributed by atoms with van der Waals surface area (Å²) in [5.41, 5.74) is 8.88. The normalized spacial score (nSPS) is 18.4. The highest BCUT2D eigenvalue weighted by molar-refractivity contribution is 14.0. The van der Waals surface area contributed by atoms with Gasteiger partial charge in [0.25, 0.3) is 0 Å². The minimum Gasteiger partial charge on any atom is -0.370 e. The molecule has 0 fully saturated rings. The molecule has 0 aliphatic heterocycles. The van der Waals surface area contributed by atoms with E-state index in [2.05, 4.69) is 48.4 Å². The maximum absolute atomic E-state index is 5.90. The molecule has 3 N–H and O–H groups in total. The van der Waals surface area contributed by atoms with Crippen molar-refractivity contribution in [2.24, 2.45) is 16.6 Å². The van der Waals surface area contributed by atoms with Crippen molar-refractivity contribution in [1.29, 1.82) is 0 Å². The second kappa shape index (κ2) is 8.49. The molecular formula is C16H26IN3. The molecule has 1 aliphatic rings. The molecule has 2 rings (SSSR count). The van der Waals surface area contributed by atoms with Crippen LogP contribution in [-0.2, 0) is 6.42 Å². The van der Waals surface area contributed by atoms with Gasteiger partial charge in [-0.05, 0) is 36.3 Å². The van der Waals surface area contributed by atoms with E-state index in [4.69, 9.17) is 5.73 Å². The van der Waals surface area contributed by atoms with Crippen LogP contribution in [0.2, 0.25) is 0 Å². The lowest BCUT2D eigenvalue weighted by molar-refractivity contribution is 0.541. The van der Waals surface area contributed by atoms with E-state index in [-0.39, 0.29) is 24.0 Å². The average molecular weight is 387 g/mol. The molecule has 1 aromatic carbocycles. The van der Waals surface area contributed by atoms with E-state index in [1.807, 2.05) is 0 Å². The lowest BCUT2D eigenvalue weighted by atomic mass is 9.83. The van der Waals surface area contributed by atoms with E-state index in [0.29, 0.717) is 17.8 Å². The van der Waals surface area contributed by atoms with Crippen molar-refractivity contribution < 1.29 is 0 Å². The molecule has 4 heteroatoms. The minimum absolute atomic E-state index is 0. The molecule has 0 heterocycles. The number of hydrogen-bond donors (Lipinski definition) is 2. The Morgan fingerprint density at radius 2 is 2.15 bits per heavy atom. The number of nitrogens with one attached hydrogen (secondary N) is 1. The highest BCUT2D eigenvalue weighted by atomic mass is 127. The van der Waals surface area contributed by atoms with Gasteiger partial charge in [0.2, 0.25) is 0 Å². The Morgan fingerprint density at radius 1 is 1.40 bits per heavy atom. The first-order valence-corrected chi connectivity index (χ1v) is 7.28. The fourth-order valence-corrected chi connectivity index (χ4v) is 2.63. The highest BCUT2D eigenvalue weighted by Gasteiger charge is 2.19. The van der Waals surface area contributed by atoms with Crippen LogP contribution in [0.1, 0.15) is 43.7 Å². The quantitative estimate of drug-likeness (QED) is 0.473. The molecule has 1 atom stereocenters. The largest absolute Gasteiger partial charge is 0.370 e. The molecule has 0 radical (unpaired) electrons. The van der Waals surface area contributed by atoms with Crippen LogP contribution in [0.25, 0.3) is 0 Å². The Hall–Kier alpha value is -0.780. The zero-order valence-corrected chi connectivity index (χ0v) is 14.8. The smallest absolute Gasteiger partial charge is 0.188 e. The SMILES string of the molecule is CC(C)CN=C(N)NCC1CCCc2ccccc21.I. The number of rotatable bonds is 4. The summed E-state index contributed by atoms with van der Waals surface area (Å²) < 4.78 is 0. The second-order valence-corrected chi connectivity index (χ2v) is 5.79. The first-order chi connectivity index (χ1) is 9.16. The predicted molar refractivity (Wildman–Crippen MR) is 96.9 cm³/mol. The molecule has 0 saturated carbocycles. The van der Waals surface area contributed by atoms with Crippen LogP contribution >= 0.6 is 24.0 Å². The molecule has 3 nitrogen and oxygen atoms in total. The van der Waals surface area contributed by atoms with Gasteiger partial charge in [0, 0.05) is 19.0 Å². The minimum atomic E-state index is 0. The summed E-state index contributed by atoms with van der Waals surface area (Å²) in [4.78, 5) is 4.35. The highest BCUT2D eigenvalue weighted by Crippen LogP contribution is 2.30. The van der Waals surface area contributed by atoms with E-state index in [9.17, 15) is 0 Å². The average Bonchev–Trinajstić information content (AvgIpc) is 2.42. The number of guanidine groups is 1. The molecule has 0 bridgehead atoms. The summed E-state index contributed by atoms with van der Waals surface area (Å²) in [6, 6.07) is 8.76. The number of fused-ring (bicyclic) bond motifs is 1. The molecular weight excluding hydrogens is 361 g/mol. The van der Waals surface area contributed by atoms with Gasteiger partial charge in [0.05, 0.1) is 0 Å². The first kappa shape index (κ1) is 17.3. The molecule has 0 amide bonds. The number of halogens is 1. The number of nitrogens with zero attached hydrogens (tertiary/aromatic N) is 1. The van der Waals surface area contributed by atoms with E-state index in [0.717, 1.165) is 13.1 Å². The molecule has 1 aliphatic carbocycles. The predicted octanol–water partition coefficient (Wildman–Crippen LogP) is 3.28. The van der Waals surface area contributed by atoms with Gasteiger partial charge in [0.1, 0.15) is 0 Å². The number of nitrogens with two attached hydrogens (primary N) is 1. The topological polar surface area (TPSA) is 50.4 Å². The van der Waals surface area contributed by atoms with Crippen molar-refractivity contribution in [2.45, 2.75) is 39.0 Å². The Labute approximate surface area is 139 Å². The summed E-state index contributed by atoms with van der Waals surface area (Å²) in [6.07, 6.45) is 3.72. The van der Waals surface area contributed by atoms with Crippen molar-refractivity contribution in [3.63, 3.8) is 0 Å². The number of benzene rings is 1. The van der Waals surface area contributed by atoms with Crippen molar-refractivity contribution >= 4 is 29.9 Å². The van der Waals surface area contributed by atoms with Crippen molar-refractivity contribution in [3.05, 3.63) is 35.4 Å². The van der Waals surface area contributed by atoms with Crippen LogP contribution in [0, 0.1) is 5.92 Å². The first-order valence-electron chi connectivity index (χ1n) is 7.28. The van der Waals surface area contributed by atoms with Crippen molar-refractivity contribution in [3.8, 4) is 0 Å².